The normalized spacial score (nSPS) is 17.4. The van der Waals surface area contributed by atoms with Gasteiger partial charge in [-0.1, -0.05) is 19.1 Å². The summed E-state index contributed by atoms with van der Waals surface area (Å²) >= 11 is 0.977. The first-order valence-corrected chi connectivity index (χ1v) is 14.1. The summed E-state index contributed by atoms with van der Waals surface area (Å²) < 4.78 is 70.2. The molecule has 1 aliphatic heterocycles. The van der Waals surface area contributed by atoms with Crippen LogP contribution in [0, 0.1) is 17.1 Å². The molecule has 0 bridgehead atoms. The van der Waals surface area contributed by atoms with Crippen LogP contribution in [0.5, 0.6) is 0 Å². The first-order chi connectivity index (χ1) is 17.5. The standard InChI is InChI=1S/C25H28F3N3O4S2/c1-3-37(33,34)20-9-7-18(8-10-20)25(2,12-13-29)36-30-23(32)17-6-11-22(21(26)15-17)31-14-4-5-19(31)16-35-24(27)28/h6-11,15,19,24H,3-5,12,14,16H2,1-2H3,(H,30,32)/t19-,25+/m0/s1. The van der Waals surface area contributed by atoms with Crippen LogP contribution in [-0.2, 0) is 19.3 Å². The number of benzene rings is 2. The predicted octanol–water partition coefficient (Wildman–Crippen LogP) is 5.03. The van der Waals surface area contributed by atoms with Crippen LogP contribution < -0.4 is 9.62 Å². The summed E-state index contributed by atoms with van der Waals surface area (Å²) in [5.41, 5.74) is 0.903. The highest BCUT2D eigenvalue weighted by molar-refractivity contribution is 7.98. The number of nitrogens with one attached hydrogen (secondary N) is 1. The number of halogens is 3. The Morgan fingerprint density at radius 2 is 2.00 bits per heavy atom. The highest BCUT2D eigenvalue weighted by Crippen LogP contribution is 2.38. The van der Waals surface area contributed by atoms with E-state index in [9.17, 15) is 31.6 Å². The quantitative estimate of drug-likeness (QED) is 0.388. The molecule has 1 fully saturated rings. The smallest absolute Gasteiger partial charge is 0.345 e. The van der Waals surface area contributed by atoms with Crippen molar-refractivity contribution < 1.29 is 31.1 Å². The van der Waals surface area contributed by atoms with E-state index in [-0.39, 0.29) is 41.0 Å². The average Bonchev–Trinajstić information content (AvgIpc) is 3.34. The van der Waals surface area contributed by atoms with E-state index >= 15 is 0 Å². The zero-order chi connectivity index (χ0) is 27.2. The fourth-order valence-corrected chi connectivity index (χ4v) is 5.85. The summed E-state index contributed by atoms with van der Waals surface area (Å²) in [4.78, 5) is 14.6. The van der Waals surface area contributed by atoms with Crippen LogP contribution in [0.2, 0.25) is 0 Å². The number of carbonyl (C=O) groups is 1. The number of nitriles is 1. The van der Waals surface area contributed by atoms with Crippen LogP contribution >= 0.6 is 11.9 Å². The second-order valence-electron chi connectivity index (χ2n) is 8.78. The highest BCUT2D eigenvalue weighted by atomic mass is 32.2. The molecule has 37 heavy (non-hydrogen) atoms. The summed E-state index contributed by atoms with van der Waals surface area (Å²) in [6.45, 7) is 0.655. The molecule has 0 aromatic heterocycles. The fraction of sp³-hybridized carbons (Fsp3) is 0.440. The van der Waals surface area contributed by atoms with Gasteiger partial charge < -0.3 is 9.64 Å². The molecule has 200 valence electrons. The van der Waals surface area contributed by atoms with Crippen molar-refractivity contribution in [1.29, 1.82) is 5.26 Å². The van der Waals surface area contributed by atoms with Crippen molar-refractivity contribution in [1.82, 2.24) is 4.72 Å². The minimum Gasteiger partial charge on any atom is -0.364 e. The molecule has 0 radical (unpaired) electrons. The minimum atomic E-state index is -3.38. The van der Waals surface area contributed by atoms with E-state index < -0.39 is 32.9 Å². The van der Waals surface area contributed by atoms with Crippen molar-refractivity contribution in [3.05, 3.63) is 59.4 Å². The minimum absolute atomic E-state index is 0.0160. The SMILES string of the molecule is CCS(=O)(=O)c1ccc([C@@](C)(CC#N)SNC(=O)c2ccc(N3CCC[C@H]3COC(F)F)c(F)c2)cc1. The molecule has 0 aliphatic carbocycles. The van der Waals surface area contributed by atoms with Crippen molar-refractivity contribution in [2.75, 3.05) is 23.8 Å². The zero-order valence-electron chi connectivity index (χ0n) is 20.4. The maximum absolute atomic E-state index is 14.9. The van der Waals surface area contributed by atoms with Gasteiger partial charge in [-0.15, -0.1) is 0 Å². The maximum Gasteiger partial charge on any atom is 0.345 e. The molecule has 0 unspecified atom stereocenters. The Morgan fingerprint density at radius 1 is 1.30 bits per heavy atom. The van der Waals surface area contributed by atoms with Gasteiger partial charge >= 0.3 is 6.61 Å². The summed E-state index contributed by atoms with van der Waals surface area (Å²) in [5.74, 6) is -1.28. The molecular weight excluding hydrogens is 527 g/mol. The Balaban J connectivity index is 1.72. The third kappa shape index (κ3) is 6.97. The van der Waals surface area contributed by atoms with E-state index in [1.54, 1.807) is 30.9 Å². The van der Waals surface area contributed by atoms with Gasteiger partial charge in [0.25, 0.3) is 5.91 Å². The number of alkyl halides is 2. The predicted molar refractivity (Wildman–Crippen MR) is 136 cm³/mol. The van der Waals surface area contributed by atoms with Crippen molar-refractivity contribution in [2.45, 2.75) is 55.4 Å². The lowest BCUT2D eigenvalue weighted by atomic mass is 9.97. The fourth-order valence-electron chi connectivity index (χ4n) is 4.14. The molecule has 3 rings (SSSR count). The van der Waals surface area contributed by atoms with E-state index in [0.717, 1.165) is 18.0 Å². The molecule has 2 aromatic carbocycles. The number of anilines is 1. The van der Waals surface area contributed by atoms with Crippen LogP contribution in [0.15, 0.2) is 47.4 Å². The molecule has 1 amide bonds. The van der Waals surface area contributed by atoms with Gasteiger partial charge in [0.15, 0.2) is 9.84 Å². The number of sulfone groups is 1. The summed E-state index contributed by atoms with van der Waals surface area (Å²) in [7, 11) is -3.38. The molecule has 1 N–H and O–H groups in total. The zero-order valence-corrected chi connectivity index (χ0v) is 22.0. The van der Waals surface area contributed by atoms with Crippen LogP contribution in [0.25, 0.3) is 0 Å². The number of hydrogen-bond acceptors (Lipinski definition) is 7. The molecule has 1 aliphatic rings. The molecule has 7 nitrogen and oxygen atoms in total. The third-order valence-electron chi connectivity index (χ3n) is 6.30. The van der Waals surface area contributed by atoms with Crippen LogP contribution in [0.3, 0.4) is 0 Å². The summed E-state index contributed by atoms with van der Waals surface area (Å²) in [5, 5.41) is 9.35. The van der Waals surface area contributed by atoms with E-state index in [1.165, 1.54) is 24.3 Å². The van der Waals surface area contributed by atoms with Gasteiger partial charge in [0.2, 0.25) is 0 Å². The van der Waals surface area contributed by atoms with Crippen molar-refractivity contribution in [3.63, 3.8) is 0 Å². The average molecular weight is 556 g/mol. The first-order valence-electron chi connectivity index (χ1n) is 11.7. The number of carbonyl (C=O) groups excluding carboxylic acids is 1. The maximum atomic E-state index is 14.9. The van der Waals surface area contributed by atoms with Crippen molar-refractivity contribution in [3.8, 4) is 6.07 Å². The number of rotatable bonds is 11. The molecule has 12 heteroatoms. The molecule has 1 saturated heterocycles. The van der Waals surface area contributed by atoms with Gasteiger partial charge in [0, 0.05) is 12.1 Å². The van der Waals surface area contributed by atoms with Gasteiger partial charge in [0.05, 0.1) is 46.2 Å². The van der Waals surface area contributed by atoms with Crippen LogP contribution in [-0.4, -0.2) is 45.9 Å². The third-order valence-corrected chi connectivity index (χ3v) is 9.17. The summed E-state index contributed by atoms with van der Waals surface area (Å²) in [6, 6.07) is 11.8. The Morgan fingerprint density at radius 3 is 2.59 bits per heavy atom. The Hall–Kier alpha value is -2.75. The Labute approximate surface area is 219 Å². The van der Waals surface area contributed by atoms with Gasteiger partial charge in [-0.05, 0) is 67.6 Å². The van der Waals surface area contributed by atoms with E-state index in [0.29, 0.717) is 24.9 Å². The molecule has 1 heterocycles. The lowest BCUT2D eigenvalue weighted by Crippen LogP contribution is -2.34. The molecule has 2 aromatic rings. The second-order valence-corrected chi connectivity index (χ2v) is 12.4. The van der Waals surface area contributed by atoms with Crippen molar-refractivity contribution >= 4 is 33.4 Å². The largest absolute Gasteiger partial charge is 0.364 e. The first kappa shape index (κ1) is 28.8. The summed E-state index contributed by atoms with van der Waals surface area (Å²) in [6.07, 6.45) is 1.31. The van der Waals surface area contributed by atoms with Crippen LogP contribution in [0.1, 0.15) is 49.0 Å². The Kier molecular flexibility index (Phi) is 9.50. The van der Waals surface area contributed by atoms with Crippen molar-refractivity contribution in [2.24, 2.45) is 0 Å². The van der Waals surface area contributed by atoms with Gasteiger partial charge in [-0.2, -0.15) is 14.0 Å². The van der Waals surface area contributed by atoms with E-state index in [1.807, 2.05) is 0 Å². The monoisotopic (exact) mass is 555 g/mol. The molecular formula is C25H28F3N3O4S2. The van der Waals surface area contributed by atoms with Gasteiger partial charge in [0.1, 0.15) is 5.82 Å². The van der Waals surface area contributed by atoms with Gasteiger partial charge in [-0.3, -0.25) is 9.52 Å². The molecule has 0 spiro atoms. The number of ether oxygens (including phenoxy) is 1. The number of hydrogen-bond donors (Lipinski definition) is 1. The highest BCUT2D eigenvalue weighted by Gasteiger charge is 2.31. The van der Waals surface area contributed by atoms with E-state index in [4.69, 9.17) is 0 Å². The Bertz CT molecular complexity index is 1250. The molecule has 0 saturated carbocycles. The van der Waals surface area contributed by atoms with Crippen LogP contribution in [0.4, 0.5) is 18.9 Å². The number of amides is 1. The number of nitrogens with zero attached hydrogens (tertiary/aromatic N) is 2. The van der Waals surface area contributed by atoms with E-state index in [2.05, 4.69) is 15.5 Å². The lowest BCUT2D eigenvalue weighted by molar-refractivity contribution is -0.131. The molecule has 2 atom stereocenters. The topological polar surface area (TPSA) is 99.5 Å². The van der Waals surface area contributed by atoms with Gasteiger partial charge in [-0.25, -0.2) is 12.8 Å². The lowest BCUT2D eigenvalue weighted by Gasteiger charge is -2.28. The second kappa shape index (κ2) is 12.2.